The summed E-state index contributed by atoms with van der Waals surface area (Å²) in [5.74, 6) is 0.568. The predicted molar refractivity (Wildman–Crippen MR) is 117 cm³/mol. The molecule has 0 aromatic heterocycles. The molecule has 0 aliphatic heterocycles. The lowest BCUT2D eigenvalue weighted by molar-refractivity contribution is -0.150. The molecule has 0 aliphatic carbocycles. The van der Waals surface area contributed by atoms with Gasteiger partial charge in [-0.05, 0) is 37.6 Å². The van der Waals surface area contributed by atoms with Crippen LogP contribution >= 0.6 is 11.6 Å². The molecule has 4 nitrogen and oxygen atoms in total. The van der Waals surface area contributed by atoms with E-state index in [-0.39, 0.29) is 12.0 Å². The molecule has 0 aliphatic rings. The van der Waals surface area contributed by atoms with Crippen molar-refractivity contribution in [3.05, 3.63) is 95.6 Å². The molecule has 152 valence electrons. The molecule has 5 heteroatoms. The average Bonchev–Trinajstić information content (AvgIpc) is 2.72. The van der Waals surface area contributed by atoms with Gasteiger partial charge in [0, 0.05) is 5.56 Å². The molecule has 0 bridgehead atoms. The van der Waals surface area contributed by atoms with Crippen LogP contribution in [0.25, 0.3) is 0 Å². The number of ether oxygens (including phenoxy) is 2. The average molecular weight is 420 g/mol. The summed E-state index contributed by atoms with van der Waals surface area (Å²) in [4.78, 5) is 11.7. The molecule has 0 amide bonds. The summed E-state index contributed by atoms with van der Waals surface area (Å²) in [5.41, 5.74) is 1.63. The van der Waals surface area contributed by atoms with E-state index in [1.54, 1.807) is 44.2 Å². The zero-order valence-electron chi connectivity index (χ0n) is 16.8. The fourth-order valence-corrected chi connectivity index (χ4v) is 3.26. The predicted octanol–water partition coefficient (Wildman–Crippen LogP) is 6.19. The van der Waals surface area contributed by atoms with Crippen molar-refractivity contribution in [1.82, 2.24) is 0 Å². The van der Waals surface area contributed by atoms with Gasteiger partial charge in [-0.1, -0.05) is 60.7 Å². The number of halogens is 1. The van der Waals surface area contributed by atoms with Crippen LogP contribution in [0, 0.1) is 11.3 Å². The van der Waals surface area contributed by atoms with E-state index in [4.69, 9.17) is 21.1 Å². The number of nitriles is 1. The molecule has 0 saturated heterocycles. The fraction of sp³-hybridized carbons (Fsp3) is 0.200. The summed E-state index contributed by atoms with van der Waals surface area (Å²) in [6.45, 7) is 3.50. The number of alkyl halides is 1. The first-order chi connectivity index (χ1) is 14.4. The Bertz CT molecular complexity index is 1040. The molecule has 0 N–H and O–H groups in total. The van der Waals surface area contributed by atoms with Crippen LogP contribution in [0.1, 0.15) is 36.6 Å². The maximum Gasteiger partial charge on any atom is 0.310 e. The summed E-state index contributed by atoms with van der Waals surface area (Å²) in [6.07, 6.45) is -0.712. The van der Waals surface area contributed by atoms with Crippen molar-refractivity contribution >= 4 is 17.6 Å². The second kappa shape index (κ2) is 9.47. The van der Waals surface area contributed by atoms with Crippen LogP contribution in [-0.4, -0.2) is 10.8 Å². The molecule has 1 atom stereocenters. The third kappa shape index (κ3) is 5.40. The Morgan fingerprint density at radius 2 is 1.63 bits per heavy atom. The van der Waals surface area contributed by atoms with Gasteiger partial charge in [0.25, 0.3) is 0 Å². The Morgan fingerprint density at radius 1 is 1.00 bits per heavy atom. The van der Waals surface area contributed by atoms with Crippen molar-refractivity contribution in [3.8, 4) is 17.6 Å². The summed E-state index contributed by atoms with van der Waals surface area (Å²) >= 11 is 6.59. The quantitative estimate of drug-likeness (QED) is 0.338. The SMILES string of the molecule is CC(C)(Cl)C(OC(=O)Cc1ccccc1)c1cccc(Oc2ccccc2)c1C#N. The van der Waals surface area contributed by atoms with E-state index in [1.165, 1.54) is 0 Å². The van der Waals surface area contributed by atoms with Gasteiger partial charge in [-0.25, -0.2) is 0 Å². The Kier molecular flexibility index (Phi) is 6.76. The Hall–Kier alpha value is -3.29. The first-order valence-electron chi connectivity index (χ1n) is 9.56. The van der Waals surface area contributed by atoms with Crippen LogP contribution in [0.15, 0.2) is 78.9 Å². The van der Waals surface area contributed by atoms with Crippen LogP contribution < -0.4 is 4.74 Å². The van der Waals surface area contributed by atoms with E-state index in [0.29, 0.717) is 17.1 Å². The van der Waals surface area contributed by atoms with Crippen molar-refractivity contribution in [1.29, 1.82) is 5.26 Å². The number of nitrogens with zero attached hydrogens (tertiary/aromatic N) is 1. The first kappa shape index (κ1) is 21.4. The highest BCUT2D eigenvalue weighted by atomic mass is 35.5. The number of benzene rings is 3. The maximum absolute atomic E-state index is 12.6. The number of rotatable bonds is 7. The molecule has 30 heavy (non-hydrogen) atoms. The summed E-state index contributed by atoms with van der Waals surface area (Å²) in [5, 5.41) is 9.85. The molecular weight excluding hydrogens is 398 g/mol. The van der Waals surface area contributed by atoms with Gasteiger partial charge in [0.1, 0.15) is 29.2 Å². The highest BCUT2D eigenvalue weighted by Gasteiger charge is 2.35. The Labute approximate surface area is 181 Å². The molecule has 0 fully saturated rings. The van der Waals surface area contributed by atoms with Crippen molar-refractivity contribution in [3.63, 3.8) is 0 Å². The molecule has 0 saturated carbocycles. The molecule has 3 rings (SSSR count). The lowest BCUT2D eigenvalue weighted by Gasteiger charge is -2.29. The maximum atomic E-state index is 12.6. The van der Waals surface area contributed by atoms with Crippen LogP contribution in [0.2, 0.25) is 0 Å². The van der Waals surface area contributed by atoms with Gasteiger partial charge in [0.05, 0.1) is 11.3 Å². The molecule has 1 unspecified atom stereocenters. The first-order valence-corrected chi connectivity index (χ1v) is 9.94. The second-order valence-corrected chi connectivity index (χ2v) is 8.32. The Morgan fingerprint density at radius 3 is 2.23 bits per heavy atom. The normalized spacial score (nSPS) is 11.9. The van der Waals surface area contributed by atoms with E-state index in [2.05, 4.69) is 6.07 Å². The van der Waals surface area contributed by atoms with E-state index < -0.39 is 16.9 Å². The van der Waals surface area contributed by atoms with Crippen LogP contribution in [-0.2, 0) is 16.0 Å². The second-order valence-electron chi connectivity index (χ2n) is 7.34. The zero-order valence-corrected chi connectivity index (χ0v) is 17.6. The van der Waals surface area contributed by atoms with E-state index in [0.717, 1.165) is 5.56 Å². The highest BCUT2D eigenvalue weighted by Crippen LogP contribution is 2.39. The van der Waals surface area contributed by atoms with E-state index in [9.17, 15) is 10.1 Å². The number of hydrogen-bond acceptors (Lipinski definition) is 4. The summed E-state index contributed by atoms with van der Waals surface area (Å²) in [7, 11) is 0. The van der Waals surface area contributed by atoms with Gasteiger partial charge in [-0.2, -0.15) is 5.26 Å². The molecule has 0 heterocycles. The summed E-state index contributed by atoms with van der Waals surface area (Å²) < 4.78 is 11.7. The number of esters is 1. The van der Waals surface area contributed by atoms with E-state index >= 15 is 0 Å². The molecule has 0 radical (unpaired) electrons. The largest absolute Gasteiger partial charge is 0.456 e. The Balaban J connectivity index is 1.91. The molecule has 3 aromatic carbocycles. The lowest BCUT2D eigenvalue weighted by atomic mass is 9.93. The van der Waals surface area contributed by atoms with Crippen LogP contribution in [0.3, 0.4) is 0 Å². The minimum atomic E-state index is -0.941. The zero-order chi connectivity index (χ0) is 21.6. The van der Waals surface area contributed by atoms with Gasteiger partial charge >= 0.3 is 5.97 Å². The number of para-hydroxylation sites is 1. The van der Waals surface area contributed by atoms with Crippen LogP contribution in [0.5, 0.6) is 11.5 Å². The van der Waals surface area contributed by atoms with Crippen molar-refractivity contribution in [2.45, 2.75) is 31.2 Å². The van der Waals surface area contributed by atoms with Gasteiger partial charge in [-0.3, -0.25) is 4.79 Å². The standard InChI is InChI=1S/C25H22ClNO3/c1-25(2,26)24(30-23(28)16-18-10-5-3-6-11-18)20-14-9-15-22(21(20)17-27)29-19-12-7-4-8-13-19/h3-15,24H,16H2,1-2H3. The summed E-state index contributed by atoms with van der Waals surface area (Å²) in [6, 6.07) is 25.9. The van der Waals surface area contributed by atoms with Crippen LogP contribution in [0.4, 0.5) is 0 Å². The monoisotopic (exact) mass is 419 g/mol. The topological polar surface area (TPSA) is 59.3 Å². The highest BCUT2D eigenvalue weighted by molar-refractivity contribution is 6.24. The molecule has 3 aromatic rings. The van der Waals surface area contributed by atoms with Gasteiger partial charge in [-0.15, -0.1) is 11.6 Å². The number of carbonyl (C=O) groups is 1. The smallest absolute Gasteiger partial charge is 0.310 e. The van der Waals surface area contributed by atoms with Crippen molar-refractivity contribution in [2.24, 2.45) is 0 Å². The van der Waals surface area contributed by atoms with E-state index in [1.807, 2.05) is 48.5 Å². The molecule has 0 spiro atoms. The molecular formula is C25H22ClNO3. The third-order valence-electron chi connectivity index (χ3n) is 4.49. The van der Waals surface area contributed by atoms with Gasteiger partial charge in [0.2, 0.25) is 0 Å². The lowest BCUT2D eigenvalue weighted by Crippen LogP contribution is -2.29. The van der Waals surface area contributed by atoms with Gasteiger partial charge in [0.15, 0.2) is 0 Å². The van der Waals surface area contributed by atoms with Gasteiger partial charge < -0.3 is 9.47 Å². The minimum absolute atomic E-state index is 0.117. The van der Waals surface area contributed by atoms with Crippen molar-refractivity contribution in [2.75, 3.05) is 0 Å². The number of carbonyl (C=O) groups excluding carboxylic acids is 1. The number of hydrogen-bond donors (Lipinski definition) is 0. The minimum Gasteiger partial charge on any atom is -0.456 e. The fourth-order valence-electron chi connectivity index (χ4n) is 3.10. The van der Waals surface area contributed by atoms with Crippen molar-refractivity contribution < 1.29 is 14.3 Å². The third-order valence-corrected chi connectivity index (χ3v) is 4.69.